The molecule has 1 aliphatic heterocycles. The monoisotopic (exact) mass is 383 g/mol. The first-order valence-electron chi connectivity index (χ1n) is 9.21. The van der Waals surface area contributed by atoms with Crippen LogP contribution in [-0.4, -0.2) is 35.4 Å². The molecule has 1 aliphatic rings. The summed E-state index contributed by atoms with van der Waals surface area (Å²) in [5.74, 6) is -0.425. The minimum atomic E-state index is -0.786. The van der Waals surface area contributed by atoms with Crippen molar-refractivity contribution in [3.63, 3.8) is 0 Å². The number of likely N-dealkylation sites (tertiary alicyclic amines) is 1. The second kappa shape index (κ2) is 8.54. The lowest BCUT2D eigenvalue weighted by Gasteiger charge is -2.45. The Kier molecular flexibility index (Phi) is 6.11. The van der Waals surface area contributed by atoms with E-state index in [1.54, 1.807) is 20.8 Å². The van der Waals surface area contributed by atoms with E-state index in [-0.39, 0.29) is 6.79 Å². The maximum absolute atomic E-state index is 12.6. The maximum atomic E-state index is 12.6. The van der Waals surface area contributed by atoms with Crippen LogP contribution in [0.25, 0.3) is 0 Å². The van der Waals surface area contributed by atoms with Crippen LogP contribution in [-0.2, 0) is 25.6 Å². The summed E-state index contributed by atoms with van der Waals surface area (Å²) < 4.78 is 16.6. The highest BCUT2D eigenvalue weighted by molar-refractivity contribution is 6.01. The third kappa shape index (κ3) is 4.77. The summed E-state index contributed by atoms with van der Waals surface area (Å²) in [6.07, 6.45) is -1.46. The van der Waals surface area contributed by atoms with E-state index in [4.69, 9.17) is 14.2 Å². The molecule has 0 aliphatic carbocycles. The quantitative estimate of drug-likeness (QED) is 0.427. The molecule has 2 atom stereocenters. The highest BCUT2D eigenvalue weighted by atomic mass is 16.7. The van der Waals surface area contributed by atoms with Crippen molar-refractivity contribution in [2.45, 2.75) is 45.1 Å². The lowest BCUT2D eigenvalue weighted by Crippen LogP contribution is -2.62. The van der Waals surface area contributed by atoms with Gasteiger partial charge >= 0.3 is 6.09 Å². The van der Waals surface area contributed by atoms with Crippen LogP contribution >= 0.6 is 0 Å². The molecule has 148 valence electrons. The van der Waals surface area contributed by atoms with E-state index in [1.807, 2.05) is 60.7 Å². The van der Waals surface area contributed by atoms with Crippen molar-refractivity contribution < 1.29 is 23.8 Å². The predicted octanol–water partition coefficient (Wildman–Crippen LogP) is 4.06. The van der Waals surface area contributed by atoms with Gasteiger partial charge in [-0.05, 0) is 31.9 Å². The fourth-order valence-electron chi connectivity index (χ4n) is 2.97. The third-order valence-corrected chi connectivity index (χ3v) is 4.22. The maximum Gasteiger partial charge on any atom is 0.417 e. The zero-order chi connectivity index (χ0) is 20.1. The van der Waals surface area contributed by atoms with Gasteiger partial charge in [0.2, 0.25) is 0 Å². The lowest BCUT2D eigenvalue weighted by atomic mass is 9.91. The van der Waals surface area contributed by atoms with Crippen molar-refractivity contribution in [3.8, 4) is 0 Å². The number of ether oxygens (including phenoxy) is 3. The van der Waals surface area contributed by atoms with Crippen molar-refractivity contribution in [2.75, 3.05) is 6.79 Å². The van der Waals surface area contributed by atoms with Crippen LogP contribution in [0.1, 0.15) is 37.9 Å². The van der Waals surface area contributed by atoms with Gasteiger partial charge < -0.3 is 14.2 Å². The van der Waals surface area contributed by atoms with Gasteiger partial charge in [-0.2, -0.15) is 0 Å². The second-order valence-electron chi connectivity index (χ2n) is 7.58. The van der Waals surface area contributed by atoms with Crippen LogP contribution in [0.4, 0.5) is 4.79 Å². The molecule has 28 heavy (non-hydrogen) atoms. The summed E-state index contributed by atoms with van der Waals surface area (Å²) in [6.45, 7) is 5.62. The first-order valence-corrected chi connectivity index (χ1v) is 9.21. The minimum Gasteiger partial charge on any atom is -0.443 e. The Morgan fingerprint density at radius 3 is 2.21 bits per heavy atom. The molecule has 0 saturated carbocycles. The molecule has 0 bridgehead atoms. The summed E-state index contributed by atoms with van der Waals surface area (Å²) in [4.78, 5) is 26.2. The first kappa shape index (κ1) is 20.0. The Morgan fingerprint density at radius 1 is 1.00 bits per heavy atom. The van der Waals surface area contributed by atoms with Crippen molar-refractivity contribution >= 4 is 12.0 Å². The Labute approximate surface area is 165 Å². The van der Waals surface area contributed by atoms with Crippen molar-refractivity contribution in [3.05, 3.63) is 71.8 Å². The summed E-state index contributed by atoms with van der Waals surface area (Å²) >= 11 is 0. The Morgan fingerprint density at radius 2 is 1.61 bits per heavy atom. The molecule has 2 amide bonds. The zero-order valence-corrected chi connectivity index (χ0v) is 16.3. The Hall–Kier alpha value is -2.70. The number of carbonyl (C=O) groups is 2. The second-order valence-corrected chi connectivity index (χ2v) is 7.58. The van der Waals surface area contributed by atoms with E-state index in [1.165, 1.54) is 0 Å². The molecular weight excluding hydrogens is 358 g/mol. The molecule has 6 nitrogen and oxygen atoms in total. The van der Waals surface area contributed by atoms with Crippen LogP contribution in [0.2, 0.25) is 0 Å². The van der Waals surface area contributed by atoms with Gasteiger partial charge in [-0.15, -0.1) is 0 Å². The third-order valence-electron chi connectivity index (χ3n) is 4.22. The van der Waals surface area contributed by atoms with Gasteiger partial charge in [0, 0.05) is 0 Å². The van der Waals surface area contributed by atoms with Crippen LogP contribution in [0.5, 0.6) is 0 Å². The van der Waals surface area contributed by atoms with E-state index in [0.29, 0.717) is 6.61 Å². The summed E-state index contributed by atoms with van der Waals surface area (Å²) in [6, 6.07) is 18.5. The van der Waals surface area contributed by atoms with Gasteiger partial charge in [0.1, 0.15) is 18.4 Å². The molecule has 1 saturated heterocycles. The Balaban J connectivity index is 1.64. The predicted molar refractivity (Wildman–Crippen MR) is 103 cm³/mol. The number of nitrogens with zero attached hydrogens (tertiary/aromatic N) is 1. The number of hydrogen-bond acceptors (Lipinski definition) is 5. The van der Waals surface area contributed by atoms with Gasteiger partial charge in [0.05, 0.1) is 6.61 Å². The van der Waals surface area contributed by atoms with Gasteiger partial charge in [-0.1, -0.05) is 60.7 Å². The number of carbonyl (C=O) groups excluding carboxylic acids is 2. The molecule has 3 rings (SSSR count). The minimum absolute atomic E-state index is 0.0448. The van der Waals surface area contributed by atoms with Crippen molar-refractivity contribution in [2.24, 2.45) is 0 Å². The number of amides is 2. The highest BCUT2D eigenvalue weighted by Crippen LogP contribution is 2.38. The number of benzene rings is 2. The molecule has 0 spiro atoms. The van der Waals surface area contributed by atoms with Crippen LogP contribution in [0.15, 0.2) is 60.7 Å². The normalized spacial score (nSPS) is 19.2. The molecule has 0 radical (unpaired) electrons. The number of imide groups is 1. The molecule has 0 aromatic heterocycles. The molecule has 2 aromatic rings. The fourth-order valence-corrected chi connectivity index (χ4v) is 2.97. The standard InChI is InChI=1S/C22H25NO5/c1-22(2,3)28-21(25)23-18(17-12-8-5-9-13-17)19(20(23)24)27-15-26-14-16-10-6-4-7-11-16/h4-13,18-19H,14-15H2,1-3H3. The SMILES string of the molecule is CC(C)(C)OC(=O)N1C(=O)C(OCOCc2ccccc2)C1c1ccccc1. The van der Waals surface area contributed by atoms with Gasteiger partial charge in [-0.25, -0.2) is 9.69 Å². The number of β-lactam (4-membered cyclic amide) rings is 1. The van der Waals surface area contributed by atoms with Gasteiger partial charge in [0.25, 0.3) is 5.91 Å². The summed E-state index contributed by atoms with van der Waals surface area (Å²) in [7, 11) is 0. The number of rotatable bonds is 6. The van der Waals surface area contributed by atoms with E-state index in [9.17, 15) is 9.59 Å². The molecular formula is C22H25NO5. The first-order chi connectivity index (χ1) is 13.4. The van der Waals surface area contributed by atoms with Crippen LogP contribution in [0.3, 0.4) is 0 Å². The van der Waals surface area contributed by atoms with E-state index in [2.05, 4.69) is 0 Å². The molecule has 0 N–H and O–H groups in total. The van der Waals surface area contributed by atoms with Crippen molar-refractivity contribution in [1.29, 1.82) is 0 Å². The van der Waals surface area contributed by atoms with Crippen molar-refractivity contribution in [1.82, 2.24) is 4.90 Å². The van der Waals surface area contributed by atoms with Crippen LogP contribution < -0.4 is 0 Å². The summed E-state index contributed by atoms with van der Waals surface area (Å²) in [5, 5.41) is 0. The zero-order valence-electron chi connectivity index (χ0n) is 16.3. The Bertz CT molecular complexity index is 801. The average molecular weight is 383 g/mol. The van der Waals surface area contributed by atoms with E-state index >= 15 is 0 Å². The number of hydrogen-bond donors (Lipinski definition) is 0. The fraction of sp³-hybridized carbons (Fsp3) is 0.364. The van der Waals surface area contributed by atoms with E-state index < -0.39 is 29.7 Å². The average Bonchev–Trinajstić information content (AvgIpc) is 2.65. The van der Waals surface area contributed by atoms with Crippen LogP contribution in [0, 0.1) is 0 Å². The smallest absolute Gasteiger partial charge is 0.417 e. The lowest BCUT2D eigenvalue weighted by molar-refractivity contribution is -0.188. The molecule has 1 fully saturated rings. The molecule has 1 heterocycles. The molecule has 2 unspecified atom stereocenters. The van der Waals surface area contributed by atoms with Gasteiger partial charge in [0.15, 0.2) is 6.10 Å². The summed E-state index contributed by atoms with van der Waals surface area (Å²) in [5.41, 5.74) is 1.13. The molecule has 2 aromatic carbocycles. The highest BCUT2D eigenvalue weighted by Gasteiger charge is 2.53. The van der Waals surface area contributed by atoms with E-state index in [0.717, 1.165) is 16.0 Å². The van der Waals surface area contributed by atoms with Gasteiger partial charge in [-0.3, -0.25) is 4.79 Å². The molecule has 6 heteroatoms. The largest absolute Gasteiger partial charge is 0.443 e. The topological polar surface area (TPSA) is 65.1 Å².